The summed E-state index contributed by atoms with van der Waals surface area (Å²) in [5, 5.41) is 7.91. The van der Waals surface area contributed by atoms with Gasteiger partial charge in [0.1, 0.15) is 0 Å². The predicted octanol–water partition coefficient (Wildman–Crippen LogP) is 12.5. The molecule has 0 saturated heterocycles. The summed E-state index contributed by atoms with van der Waals surface area (Å²) in [6.07, 6.45) is 11.7. The normalized spacial score (nSPS) is 15.0. The van der Waals surface area contributed by atoms with Gasteiger partial charge < -0.3 is 0 Å². The van der Waals surface area contributed by atoms with Gasteiger partial charge in [-0.1, -0.05) is 115 Å². The van der Waals surface area contributed by atoms with Crippen molar-refractivity contribution in [2.45, 2.75) is 25.7 Å². The van der Waals surface area contributed by atoms with Crippen LogP contribution in [0, 0.1) is 0 Å². The first kappa shape index (κ1) is 24.8. The van der Waals surface area contributed by atoms with E-state index < -0.39 is 0 Å². The summed E-state index contributed by atoms with van der Waals surface area (Å²) in [4.78, 5) is 0. The Morgan fingerprint density at radius 1 is 0.442 bits per heavy atom. The molecule has 6 aromatic carbocycles. The summed E-state index contributed by atoms with van der Waals surface area (Å²) in [6.45, 7) is 0. The molecule has 1 aromatic heterocycles. The van der Waals surface area contributed by atoms with Crippen molar-refractivity contribution in [1.82, 2.24) is 0 Å². The maximum Gasteiger partial charge on any atom is 0.0355 e. The highest BCUT2D eigenvalue weighted by Crippen LogP contribution is 2.45. The van der Waals surface area contributed by atoms with E-state index in [1.54, 1.807) is 0 Å². The van der Waals surface area contributed by atoms with Crippen LogP contribution in [0.4, 0.5) is 0 Å². The average Bonchev–Trinajstić information content (AvgIpc) is 3.45. The van der Waals surface area contributed by atoms with Gasteiger partial charge >= 0.3 is 0 Å². The second kappa shape index (κ2) is 9.93. The van der Waals surface area contributed by atoms with Gasteiger partial charge in [-0.15, -0.1) is 11.3 Å². The number of benzene rings is 6. The van der Waals surface area contributed by atoms with Gasteiger partial charge in [0.15, 0.2) is 0 Å². The van der Waals surface area contributed by atoms with Crippen LogP contribution in [-0.2, 0) is 0 Å². The van der Waals surface area contributed by atoms with Crippen molar-refractivity contribution in [2.24, 2.45) is 0 Å². The van der Waals surface area contributed by atoms with Crippen LogP contribution in [0.5, 0.6) is 0 Å². The fourth-order valence-electron chi connectivity index (χ4n) is 7.40. The molecule has 9 rings (SSSR count). The van der Waals surface area contributed by atoms with E-state index in [2.05, 4.69) is 133 Å². The van der Waals surface area contributed by atoms with E-state index in [0.29, 0.717) is 0 Å². The highest BCUT2D eigenvalue weighted by atomic mass is 32.1. The third-order valence-corrected chi connectivity index (χ3v) is 10.6. The zero-order chi connectivity index (χ0) is 28.3. The predicted molar refractivity (Wildman–Crippen MR) is 188 cm³/mol. The van der Waals surface area contributed by atoms with E-state index >= 15 is 0 Å². The maximum absolute atomic E-state index is 2.46. The molecule has 0 N–H and O–H groups in total. The van der Waals surface area contributed by atoms with Gasteiger partial charge in [0.05, 0.1) is 0 Å². The lowest BCUT2D eigenvalue weighted by Gasteiger charge is -2.21. The standard InChI is InChI=1S/C42H30S/c1-2-10-30-25-31(22-19-27(30)9-1)28-17-20-29(21-18-28)41-34-12-3-5-14-36(34)42(37-15-6-4-13-35(37)41)32-23-24-40-38(26-32)33-11-7-8-16-39(33)43-40/h1,3-9,11-18,20-21,23-26H,2,10,19,22H2. The third-order valence-electron chi connectivity index (χ3n) is 9.47. The van der Waals surface area contributed by atoms with Crippen LogP contribution in [0.25, 0.3) is 69.5 Å². The van der Waals surface area contributed by atoms with E-state index in [0.717, 1.165) is 19.3 Å². The summed E-state index contributed by atoms with van der Waals surface area (Å²) in [5.74, 6) is 0. The van der Waals surface area contributed by atoms with Crippen molar-refractivity contribution in [3.05, 3.63) is 150 Å². The van der Waals surface area contributed by atoms with E-state index in [1.165, 1.54) is 92.7 Å². The van der Waals surface area contributed by atoms with Crippen molar-refractivity contribution in [3.8, 4) is 22.3 Å². The first-order chi connectivity index (χ1) is 21.3. The van der Waals surface area contributed by atoms with Gasteiger partial charge in [0.25, 0.3) is 0 Å². The van der Waals surface area contributed by atoms with Gasteiger partial charge in [0, 0.05) is 20.2 Å². The molecule has 0 nitrogen and oxygen atoms in total. The lowest BCUT2D eigenvalue weighted by Crippen LogP contribution is -2.01. The highest BCUT2D eigenvalue weighted by Gasteiger charge is 2.19. The molecular formula is C42H30S. The lowest BCUT2D eigenvalue weighted by molar-refractivity contribution is 0.894. The molecule has 0 atom stereocenters. The van der Waals surface area contributed by atoms with Crippen molar-refractivity contribution in [1.29, 1.82) is 0 Å². The minimum absolute atomic E-state index is 1.12. The van der Waals surface area contributed by atoms with Crippen molar-refractivity contribution < 1.29 is 0 Å². The Morgan fingerprint density at radius 2 is 1.02 bits per heavy atom. The molecule has 1 heterocycles. The summed E-state index contributed by atoms with van der Waals surface area (Å²) in [5.41, 5.74) is 11.1. The van der Waals surface area contributed by atoms with Gasteiger partial charge in [-0.3, -0.25) is 0 Å². The van der Waals surface area contributed by atoms with Crippen LogP contribution >= 0.6 is 11.3 Å². The molecule has 0 aliphatic heterocycles. The SMILES string of the molecule is C1=CC2=C(C=C(c3ccc(-c4c5ccccc5c(-c5ccc6sc7ccccc7c6c5)c5ccccc45)cc3)CC2)CC1. The molecule has 7 aromatic rings. The van der Waals surface area contributed by atoms with E-state index in [9.17, 15) is 0 Å². The zero-order valence-electron chi connectivity index (χ0n) is 23.9. The molecule has 43 heavy (non-hydrogen) atoms. The summed E-state index contributed by atoms with van der Waals surface area (Å²) >= 11 is 1.88. The molecule has 0 saturated carbocycles. The topological polar surface area (TPSA) is 0 Å². The maximum atomic E-state index is 2.46. The number of hydrogen-bond donors (Lipinski definition) is 0. The first-order valence-electron chi connectivity index (χ1n) is 15.4. The highest BCUT2D eigenvalue weighted by molar-refractivity contribution is 7.25. The van der Waals surface area contributed by atoms with Crippen LogP contribution in [0.3, 0.4) is 0 Å². The Morgan fingerprint density at radius 3 is 1.74 bits per heavy atom. The van der Waals surface area contributed by atoms with Crippen LogP contribution in [0.1, 0.15) is 31.2 Å². The molecule has 2 aliphatic rings. The fraction of sp³-hybridized carbons (Fsp3) is 0.0952. The monoisotopic (exact) mass is 566 g/mol. The van der Waals surface area contributed by atoms with E-state index in [1.807, 2.05) is 11.3 Å². The number of thiophene rings is 1. The Labute approximate surface area is 255 Å². The van der Waals surface area contributed by atoms with Crippen molar-refractivity contribution >= 4 is 58.6 Å². The molecule has 0 radical (unpaired) electrons. The summed E-state index contributed by atoms with van der Waals surface area (Å²) in [7, 11) is 0. The van der Waals surface area contributed by atoms with Crippen LogP contribution in [0.2, 0.25) is 0 Å². The Bertz CT molecular complexity index is 2260. The molecule has 0 amide bonds. The molecule has 0 fully saturated rings. The average molecular weight is 567 g/mol. The molecule has 204 valence electrons. The number of fused-ring (bicyclic) bond motifs is 5. The smallest absolute Gasteiger partial charge is 0.0355 e. The van der Waals surface area contributed by atoms with Gasteiger partial charge in [0.2, 0.25) is 0 Å². The molecule has 0 bridgehead atoms. The second-order valence-corrected chi connectivity index (χ2v) is 13.0. The summed E-state index contributed by atoms with van der Waals surface area (Å²) < 4.78 is 2.69. The lowest BCUT2D eigenvalue weighted by atomic mass is 9.83. The van der Waals surface area contributed by atoms with Crippen molar-refractivity contribution in [2.75, 3.05) is 0 Å². The fourth-order valence-corrected chi connectivity index (χ4v) is 8.49. The van der Waals surface area contributed by atoms with Crippen LogP contribution in [0.15, 0.2) is 145 Å². The number of rotatable bonds is 3. The van der Waals surface area contributed by atoms with E-state index in [4.69, 9.17) is 0 Å². The molecule has 1 heteroatoms. The van der Waals surface area contributed by atoms with Gasteiger partial charge in [-0.05, 0) is 110 Å². The van der Waals surface area contributed by atoms with Gasteiger partial charge in [-0.25, -0.2) is 0 Å². The van der Waals surface area contributed by atoms with Gasteiger partial charge in [-0.2, -0.15) is 0 Å². The minimum Gasteiger partial charge on any atom is -0.135 e. The molecule has 2 aliphatic carbocycles. The molecule has 0 unspecified atom stereocenters. The molecular weight excluding hydrogens is 537 g/mol. The molecule has 0 spiro atoms. The zero-order valence-corrected chi connectivity index (χ0v) is 24.8. The largest absolute Gasteiger partial charge is 0.135 e. The Kier molecular flexibility index (Phi) is 5.74. The van der Waals surface area contributed by atoms with E-state index in [-0.39, 0.29) is 0 Å². The van der Waals surface area contributed by atoms with Crippen molar-refractivity contribution in [3.63, 3.8) is 0 Å². The Balaban J connectivity index is 1.23. The van der Waals surface area contributed by atoms with Crippen LogP contribution < -0.4 is 0 Å². The Hall–Kier alpha value is -4.72. The van der Waals surface area contributed by atoms with Crippen LogP contribution in [-0.4, -0.2) is 0 Å². The summed E-state index contributed by atoms with van der Waals surface area (Å²) in [6, 6.07) is 43.2. The number of allylic oxidation sites excluding steroid dienone is 6. The quantitative estimate of drug-likeness (QED) is 0.187. The second-order valence-electron chi connectivity index (χ2n) is 11.9. The third kappa shape index (κ3) is 4.03. The minimum atomic E-state index is 1.12. The first-order valence-corrected chi connectivity index (χ1v) is 16.2. The number of hydrogen-bond acceptors (Lipinski definition) is 1.